The van der Waals surface area contributed by atoms with E-state index in [1.54, 1.807) is 18.2 Å². The zero-order valence-corrected chi connectivity index (χ0v) is 16.2. The molecule has 0 spiro atoms. The van der Waals surface area contributed by atoms with Crippen LogP contribution in [0.1, 0.15) is 19.4 Å². The zero-order chi connectivity index (χ0) is 21.4. The molecule has 2 aromatic rings. The molecule has 0 aliphatic heterocycles. The van der Waals surface area contributed by atoms with Crippen LogP contribution >= 0.6 is 0 Å². The Morgan fingerprint density at radius 2 is 1.86 bits per heavy atom. The number of hydrogen-bond donors (Lipinski definition) is 1. The molecule has 29 heavy (non-hydrogen) atoms. The second-order valence-electron chi connectivity index (χ2n) is 6.19. The van der Waals surface area contributed by atoms with Gasteiger partial charge in [-0.1, -0.05) is 6.07 Å². The number of carbonyl (C=O) groups is 2. The summed E-state index contributed by atoms with van der Waals surface area (Å²) in [4.78, 5) is 23.5. The molecule has 0 atom stereocenters. The lowest BCUT2D eigenvalue weighted by molar-refractivity contribution is -0.142. The predicted octanol–water partition coefficient (Wildman–Crippen LogP) is 3.96. The molecule has 0 bridgehead atoms. The lowest BCUT2D eigenvalue weighted by Gasteiger charge is -2.13. The van der Waals surface area contributed by atoms with Gasteiger partial charge in [0.25, 0.3) is 5.91 Å². The van der Waals surface area contributed by atoms with Crippen molar-refractivity contribution in [2.45, 2.75) is 20.0 Å². The molecule has 2 rings (SSSR count). The molecule has 1 amide bonds. The van der Waals surface area contributed by atoms with Crippen molar-refractivity contribution in [3.8, 4) is 11.5 Å². The number of benzene rings is 2. The van der Waals surface area contributed by atoms with Crippen molar-refractivity contribution in [3.05, 3.63) is 59.7 Å². The SMILES string of the molecule is COc1cc(/C=C/C(=O)OCC(=O)Nc2ccc(F)cc2F)ccc1OC(C)C. The fourth-order valence-corrected chi connectivity index (χ4v) is 2.27. The summed E-state index contributed by atoms with van der Waals surface area (Å²) in [6.07, 6.45) is 2.61. The summed E-state index contributed by atoms with van der Waals surface area (Å²) < 4.78 is 42.0. The average molecular weight is 405 g/mol. The summed E-state index contributed by atoms with van der Waals surface area (Å²) in [6.45, 7) is 3.16. The average Bonchev–Trinajstić information content (AvgIpc) is 2.67. The van der Waals surface area contributed by atoms with Gasteiger partial charge in [0, 0.05) is 12.1 Å². The van der Waals surface area contributed by atoms with Crippen molar-refractivity contribution >= 4 is 23.6 Å². The standard InChI is InChI=1S/C21H21F2NO5/c1-13(2)29-18-8-4-14(10-19(18)27-3)5-9-21(26)28-12-20(25)24-17-7-6-15(22)11-16(17)23/h4-11,13H,12H2,1-3H3,(H,24,25)/b9-5+. The van der Waals surface area contributed by atoms with Crippen molar-refractivity contribution in [1.29, 1.82) is 0 Å². The van der Waals surface area contributed by atoms with E-state index in [9.17, 15) is 18.4 Å². The van der Waals surface area contributed by atoms with E-state index < -0.39 is 30.1 Å². The Morgan fingerprint density at radius 3 is 2.52 bits per heavy atom. The molecule has 0 aliphatic rings. The zero-order valence-electron chi connectivity index (χ0n) is 16.2. The first-order valence-electron chi connectivity index (χ1n) is 8.73. The van der Waals surface area contributed by atoms with Crippen molar-refractivity contribution in [2.75, 3.05) is 19.0 Å². The number of hydrogen-bond acceptors (Lipinski definition) is 5. The van der Waals surface area contributed by atoms with Gasteiger partial charge in [0.05, 0.1) is 18.9 Å². The Morgan fingerprint density at radius 1 is 1.10 bits per heavy atom. The second kappa shape index (κ2) is 10.2. The molecule has 0 saturated carbocycles. The molecular weight excluding hydrogens is 384 g/mol. The highest BCUT2D eigenvalue weighted by atomic mass is 19.1. The minimum atomic E-state index is -0.927. The molecule has 0 fully saturated rings. The predicted molar refractivity (Wildman–Crippen MR) is 104 cm³/mol. The molecule has 6 nitrogen and oxygen atoms in total. The van der Waals surface area contributed by atoms with Gasteiger partial charge in [-0.3, -0.25) is 4.79 Å². The lowest BCUT2D eigenvalue weighted by Crippen LogP contribution is -2.20. The van der Waals surface area contributed by atoms with E-state index in [0.29, 0.717) is 23.1 Å². The van der Waals surface area contributed by atoms with Crippen molar-refractivity contribution < 1.29 is 32.6 Å². The molecule has 8 heteroatoms. The third-order valence-electron chi connectivity index (χ3n) is 3.51. The van der Waals surface area contributed by atoms with Crippen molar-refractivity contribution in [2.24, 2.45) is 0 Å². The van der Waals surface area contributed by atoms with E-state index in [-0.39, 0.29) is 11.8 Å². The van der Waals surface area contributed by atoms with Crippen LogP contribution in [0.3, 0.4) is 0 Å². The van der Waals surface area contributed by atoms with Crippen LogP contribution in [0.2, 0.25) is 0 Å². The van der Waals surface area contributed by atoms with Crippen LogP contribution in [0.5, 0.6) is 11.5 Å². The normalized spacial score (nSPS) is 10.8. The van der Waals surface area contributed by atoms with Crippen LogP contribution in [-0.2, 0) is 14.3 Å². The molecule has 0 aromatic heterocycles. The number of methoxy groups -OCH3 is 1. The van der Waals surface area contributed by atoms with Crippen LogP contribution in [0.15, 0.2) is 42.5 Å². The molecular formula is C21H21F2NO5. The molecule has 0 unspecified atom stereocenters. The maximum Gasteiger partial charge on any atom is 0.331 e. The first-order chi connectivity index (χ1) is 13.8. The van der Waals surface area contributed by atoms with Gasteiger partial charge in [0.1, 0.15) is 11.6 Å². The third-order valence-corrected chi connectivity index (χ3v) is 3.51. The van der Waals surface area contributed by atoms with Gasteiger partial charge in [-0.05, 0) is 49.8 Å². The minimum Gasteiger partial charge on any atom is -0.493 e. The summed E-state index contributed by atoms with van der Waals surface area (Å²) >= 11 is 0. The van der Waals surface area contributed by atoms with E-state index in [0.717, 1.165) is 18.2 Å². The smallest absolute Gasteiger partial charge is 0.331 e. The fraction of sp³-hybridized carbons (Fsp3) is 0.238. The van der Waals surface area contributed by atoms with Crippen LogP contribution in [0, 0.1) is 11.6 Å². The lowest BCUT2D eigenvalue weighted by atomic mass is 10.2. The number of halogens is 2. The van der Waals surface area contributed by atoms with E-state index >= 15 is 0 Å². The first-order valence-corrected chi connectivity index (χ1v) is 8.73. The maximum atomic E-state index is 13.5. The van der Waals surface area contributed by atoms with E-state index in [1.165, 1.54) is 13.2 Å². The van der Waals surface area contributed by atoms with Gasteiger partial charge < -0.3 is 19.5 Å². The van der Waals surface area contributed by atoms with Gasteiger partial charge in [-0.25, -0.2) is 13.6 Å². The number of nitrogens with one attached hydrogen (secondary N) is 1. The van der Waals surface area contributed by atoms with Crippen molar-refractivity contribution in [3.63, 3.8) is 0 Å². The maximum absolute atomic E-state index is 13.5. The quantitative estimate of drug-likeness (QED) is 0.532. The number of rotatable bonds is 8. The molecule has 2 aromatic carbocycles. The monoisotopic (exact) mass is 405 g/mol. The summed E-state index contributed by atoms with van der Waals surface area (Å²) in [5.74, 6) is -2.13. The Kier molecular flexibility index (Phi) is 7.70. The summed E-state index contributed by atoms with van der Waals surface area (Å²) in [6, 6.07) is 7.84. The minimum absolute atomic E-state index is 0.0187. The largest absolute Gasteiger partial charge is 0.493 e. The summed E-state index contributed by atoms with van der Waals surface area (Å²) in [5.41, 5.74) is 0.450. The molecule has 0 aliphatic carbocycles. The van der Waals surface area contributed by atoms with E-state index in [4.69, 9.17) is 14.2 Å². The fourth-order valence-electron chi connectivity index (χ4n) is 2.27. The Labute approximate surface area is 167 Å². The first kappa shape index (κ1) is 21.9. The Balaban J connectivity index is 1.89. The van der Waals surface area contributed by atoms with E-state index in [1.807, 2.05) is 13.8 Å². The molecule has 0 saturated heterocycles. The Bertz CT molecular complexity index is 912. The Hall–Kier alpha value is -3.42. The number of amides is 1. The van der Waals surface area contributed by atoms with Crippen LogP contribution in [0.4, 0.5) is 14.5 Å². The highest BCUT2D eigenvalue weighted by molar-refractivity contribution is 5.94. The second-order valence-corrected chi connectivity index (χ2v) is 6.19. The van der Waals surface area contributed by atoms with Crippen LogP contribution < -0.4 is 14.8 Å². The topological polar surface area (TPSA) is 73.9 Å². The number of carbonyl (C=O) groups excluding carboxylic acids is 2. The van der Waals surface area contributed by atoms with Gasteiger partial charge in [-0.2, -0.15) is 0 Å². The number of ether oxygens (including phenoxy) is 3. The van der Waals surface area contributed by atoms with E-state index in [2.05, 4.69) is 5.32 Å². The summed E-state index contributed by atoms with van der Waals surface area (Å²) in [5, 5.41) is 2.19. The highest BCUT2D eigenvalue weighted by Crippen LogP contribution is 2.29. The number of esters is 1. The number of anilines is 1. The van der Waals surface area contributed by atoms with Crippen molar-refractivity contribution in [1.82, 2.24) is 0 Å². The van der Waals surface area contributed by atoms with Gasteiger partial charge in [-0.15, -0.1) is 0 Å². The molecule has 154 valence electrons. The molecule has 0 radical (unpaired) electrons. The molecule has 0 heterocycles. The van der Waals surface area contributed by atoms with Gasteiger partial charge >= 0.3 is 5.97 Å². The van der Waals surface area contributed by atoms with Crippen LogP contribution in [-0.4, -0.2) is 31.7 Å². The highest BCUT2D eigenvalue weighted by Gasteiger charge is 2.10. The van der Waals surface area contributed by atoms with Gasteiger partial charge in [0.15, 0.2) is 18.1 Å². The van der Waals surface area contributed by atoms with Gasteiger partial charge in [0.2, 0.25) is 0 Å². The third kappa shape index (κ3) is 6.91. The van der Waals surface area contributed by atoms with Crippen LogP contribution in [0.25, 0.3) is 6.08 Å². The summed E-state index contributed by atoms with van der Waals surface area (Å²) in [7, 11) is 1.51. The molecule has 1 N–H and O–H groups in total.